The van der Waals surface area contributed by atoms with Crippen molar-refractivity contribution in [1.29, 1.82) is 0 Å². The zero-order valence-electron chi connectivity index (χ0n) is 12.9. The molecule has 0 radical (unpaired) electrons. The quantitative estimate of drug-likeness (QED) is 0.890. The summed E-state index contributed by atoms with van der Waals surface area (Å²) in [6.45, 7) is 9.39. The summed E-state index contributed by atoms with van der Waals surface area (Å²) in [4.78, 5) is 2.58. The SMILES string of the molecule is Cc1ccc(S(=O)(=O)NCCN2CCOC[C@H]2C)cc1C. The predicted octanol–water partition coefficient (Wildman–Crippen LogP) is 1.30. The molecule has 0 unspecified atom stereocenters. The molecular formula is C15H24N2O3S. The highest BCUT2D eigenvalue weighted by molar-refractivity contribution is 7.89. The van der Waals surface area contributed by atoms with Gasteiger partial charge >= 0.3 is 0 Å². The zero-order valence-corrected chi connectivity index (χ0v) is 13.7. The third kappa shape index (κ3) is 4.26. The molecule has 118 valence electrons. The van der Waals surface area contributed by atoms with Crippen molar-refractivity contribution in [3.63, 3.8) is 0 Å². The van der Waals surface area contributed by atoms with E-state index in [-0.39, 0.29) is 0 Å². The fourth-order valence-electron chi connectivity index (χ4n) is 2.38. The molecule has 1 fully saturated rings. The fourth-order valence-corrected chi connectivity index (χ4v) is 3.49. The van der Waals surface area contributed by atoms with Crippen molar-refractivity contribution in [1.82, 2.24) is 9.62 Å². The van der Waals surface area contributed by atoms with Crippen LogP contribution in [0.2, 0.25) is 0 Å². The molecular weight excluding hydrogens is 288 g/mol. The lowest BCUT2D eigenvalue weighted by atomic mass is 10.1. The summed E-state index contributed by atoms with van der Waals surface area (Å²) >= 11 is 0. The summed E-state index contributed by atoms with van der Waals surface area (Å²) in [6, 6.07) is 5.55. The lowest BCUT2D eigenvalue weighted by Crippen LogP contribution is -2.46. The van der Waals surface area contributed by atoms with Gasteiger partial charge in [0.15, 0.2) is 0 Å². The second kappa shape index (κ2) is 6.87. The second-order valence-electron chi connectivity index (χ2n) is 5.60. The van der Waals surface area contributed by atoms with E-state index in [9.17, 15) is 8.42 Å². The number of benzene rings is 1. The predicted molar refractivity (Wildman–Crippen MR) is 83.0 cm³/mol. The minimum absolute atomic E-state index is 0.334. The van der Waals surface area contributed by atoms with Crippen LogP contribution in [0.3, 0.4) is 0 Å². The normalized spacial score (nSPS) is 20.6. The smallest absolute Gasteiger partial charge is 0.240 e. The van der Waals surface area contributed by atoms with Crippen LogP contribution in [-0.4, -0.2) is 52.2 Å². The Morgan fingerprint density at radius 1 is 1.33 bits per heavy atom. The lowest BCUT2D eigenvalue weighted by Gasteiger charge is -2.33. The average Bonchev–Trinajstić information content (AvgIpc) is 2.44. The van der Waals surface area contributed by atoms with Crippen LogP contribution in [-0.2, 0) is 14.8 Å². The van der Waals surface area contributed by atoms with Crippen LogP contribution in [0.1, 0.15) is 18.1 Å². The highest BCUT2D eigenvalue weighted by Crippen LogP contribution is 2.14. The maximum atomic E-state index is 12.3. The van der Waals surface area contributed by atoms with Crippen molar-refractivity contribution in [3.05, 3.63) is 29.3 Å². The van der Waals surface area contributed by atoms with Crippen LogP contribution in [0, 0.1) is 13.8 Å². The molecule has 1 aliphatic heterocycles. The maximum Gasteiger partial charge on any atom is 0.240 e. The molecule has 21 heavy (non-hydrogen) atoms. The number of nitrogens with one attached hydrogen (secondary N) is 1. The highest BCUT2D eigenvalue weighted by Gasteiger charge is 2.19. The van der Waals surface area contributed by atoms with Crippen molar-refractivity contribution in [2.24, 2.45) is 0 Å². The Morgan fingerprint density at radius 2 is 2.10 bits per heavy atom. The van der Waals surface area contributed by atoms with E-state index in [1.807, 2.05) is 19.9 Å². The van der Waals surface area contributed by atoms with Gasteiger partial charge < -0.3 is 4.74 Å². The summed E-state index contributed by atoms with van der Waals surface area (Å²) in [6.07, 6.45) is 0. The molecule has 1 aliphatic rings. The first kappa shape index (κ1) is 16.4. The van der Waals surface area contributed by atoms with Gasteiger partial charge in [0.05, 0.1) is 18.1 Å². The van der Waals surface area contributed by atoms with E-state index in [0.717, 1.165) is 17.7 Å². The van der Waals surface area contributed by atoms with Crippen LogP contribution >= 0.6 is 0 Å². The van der Waals surface area contributed by atoms with Gasteiger partial charge in [-0.1, -0.05) is 6.07 Å². The first-order valence-electron chi connectivity index (χ1n) is 7.29. The molecule has 1 atom stereocenters. The zero-order chi connectivity index (χ0) is 15.5. The third-order valence-corrected chi connectivity index (χ3v) is 5.44. The number of nitrogens with zero attached hydrogens (tertiary/aromatic N) is 1. The van der Waals surface area contributed by atoms with E-state index in [1.165, 1.54) is 0 Å². The summed E-state index contributed by atoms with van der Waals surface area (Å²) in [5.74, 6) is 0. The van der Waals surface area contributed by atoms with Crippen molar-refractivity contribution in [2.75, 3.05) is 32.8 Å². The number of aryl methyl sites for hydroxylation is 2. The molecule has 0 saturated carbocycles. The second-order valence-corrected chi connectivity index (χ2v) is 7.37. The molecule has 0 aromatic heterocycles. The molecule has 2 rings (SSSR count). The van der Waals surface area contributed by atoms with Gasteiger partial charge in [-0.15, -0.1) is 0 Å². The van der Waals surface area contributed by atoms with Crippen molar-refractivity contribution in [2.45, 2.75) is 31.7 Å². The Hall–Kier alpha value is -0.950. The van der Waals surface area contributed by atoms with Gasteiger partial charge in [-0.25, -0.2) is 13.1 Å². The molecule has 1 N–H and O–H groups in total. The largest absolute Gasteiger partial charge is 0.379 e. The molecule has 1 aromatic rings. The van der Waals surface area contributed by atoms with Crippen LogP contribution < -0.4 is 4.72 Å². The van der Waals surface area contributed by atoms with Crippen molar-refractivity contribution < 1.29 is 13.2 Å². The van der Waals surface area contributed by atoms with Crippen molar-refractivity contribution >= 4 is 10.0 Å². The van der Waals surface area contributed by atoms with E-state index < -0.39 is 10.0 Å². The van der Waals surface area contributed by atoms with Crippen LogP contribution in [0.15, 0.2) is 23.1 Å². The molecule has 1 aromatic carbocycles. The number of ether oxygens (including phenoxy) is 1. The maximum absolute atomic E-state index is 12.3. The molecule has 1 heterocycles. The number of morpholine rings is 1. The lowest BCUT2D eigenvalue weighted by molar-refractivity contribution is 0.000989. The molecule has 1 saturated heterocycles. The van der Waals surface area contributed by atoms with E-state index in [0.29, 0.717) is 37.2 Å². The minimum atomic E-state index is -3.43. The Bertz CT molecular complexity index is 587. The summed E-state index contributed by atoms with van der Waals surface area (Å²) in [5.41, 5.74) is 2.08. The van der Waals surface area contributed by atoms with Gasteiger partial charge in [0, 0.05) is 25.7 Å². The van der Waals surface area contributed by atoms with E-state index >= 15 is 0 Å². The standard InChI is InChI=1S/C15H24N2O3S/c1-12-4-5-15(10-13(12)2)21(18,19)16-6-7-17-8-9-20-11-14(17)3/h4-5,10,14,16H,6-9,11H2,1-3H3/t14-/m1/s1. The Morgan fingerprint density at radius 3 is 2.76 bits per heavy atom. The van der Waals surface area contributed by atoms with Gasteiger partial charge in [-0.05, 0) is 44.0 Å². The van der Waals surface area contributed by atoms with Crippen molar-refractivity contribution in [3.8, 4) is 0 Å². The molecule has 6 heteroatoms. The number of hydrogen-bond acceptors (Lipinski definition) is 4. The number of sulfonamides is 1. The summed E-state index contributed by atoms with van der Waals surface area (Å²) in [7, 11) is -3.43. The first-order chi connectivity index (χ1) is 9.90. The van der Waals surface area contributed by atoms with Gasteiger partial charge in [0.25, 0.3) is 0 Å². The van der Waals surface area contributed by atoms with Crippen LogP contribution in [0.5, 0.6) is 0 Å². The molecule has 0 amide bonds. The molecule has 0 bridgehead atoms. The Labute approximate surface area is 127 Å². The molecule has 0 aliphatic carbocycles. The van der Waals surface area contributed by atoms with Gasteiger partial charge in [0.1, 0.15) is 0 Å². The van der Waals surface area contributed by atoms with Gasteiger partial charge in [-0.3, -0.25) is 4.90 Å². The average molecular weight is 312 g/mol. The summed E-state index contributed by atoms with van der Waals surface area (Å²) < 4.78 is 32.6. The molecule has 5 nitrogen and oxygen atoms in total. The van der Waals surface area contributed by atoms with E-state index in [2.05, 4.69) is 16.5 Å². The number of hydrogen-bond donors (Lipinski definition) is 1. The van der Waals surface area contributed by atoms with E-state index in [1.54, 1.807) is 12.1 Å². The minimum Gasteiger partial charge on any atom is -0.379 e. The Balaban J connectivity index is 1.93. The van der Waals surface area contributed by atoms with Gasteiger partial charge in [-0.2, -0.15) is 0 Å². The highest BCUT2D eigenvalue weighted by atomic mass is 32.2. The van der Waals surface area contributed by atoms with E-state index in [4.69, 9.17) is 4.74 Å². The first-order valence-corrected chi connectivity index (χ1v) is 8.77. The van der Waals surface area contributed by atoms with Crippen LogP contribution in [0.4, 0.5) is 0 Å². The topological polar surface area (TPSA) is 58.6 Å². The third-order valence-electron chi connectivity index (χ3n) is 3.99. The summed E-state index contributed by atoms with van der Waals surface area (Å²) in [5, 5.41) is 0. The van der Waals surface area contributed by atoms with Crippen LogP contribution in [0.25, 0.3) is 0 Å². The Kier molecular flexibility index (Phi) is 5.37. The van der Waals surface area contributed by atoms with Gasteiger partial charge in [0.2, 0.25) is 10.0 Å². The monoisotopic (exact) mass is 312 g/mol. The fraction of sp³-hybridized carbons (Fsp3) is 0.600. The number of rotatable bonds is 5. The molecule has 0 spiro atoms.